The maximum Gasteiger partial charge on any atom is 0.277 e. The molecule has 0 aromatic heterocycles. The van der Waals surface area contributed by atoms with Gasteiger partial charge in [0.2, 0.25) is 0 Å². The van der Waals surface area contributed by atoms with Gasteiger partial charge in [-0.15, -0.1) is 0 Å². The van der Waals surface area contributed by atoms with Crippen LogP contribution in [0.5, 0.6) is 5.75 Å². The minimum absolute atomic E-state index is 0.157. The van der Waals surface area contributed by atoms with Crippen molar-refractivity contribution in [1.82, 2.24) is 5.43 Å². The quantitative estimate of drug-likeness (QED) is 0.335. The van der Waals surface area contributed by atoms with E-state index in [4.69, 9.17) is 4.74 Å². The number of benzene rings is 2. The van der Waals surface area contributed by atoms with E-state index in [1.165, 1.54) is 6.21 Å². The molecule has 0 aliphatic rings. The molecule has 8 heteroatoms. The average molecular weight is 596 g/mol. The molecule has 4 nitrogen and oxygen atoms in total. The molecule has 0 bridgehead atoms. The Bertz CT molecular complexity index is 785. The molecule has 0 saturated carbocycles. The molecule has 0 aliphatic heterocycles. The number of hydrogen-bond donors (Lipinski definition) is 1. The highest BCUT2D eigenvalue weighted by Gasteiger charge is 2.10. The van der Waals surface area contributed by atoms with E-state index in [2.05, 4.69) is 74.2 Å². The van der Waals surface area contributed by atoms with Gasteiger partial charge in [0, 0.05) is 8.96 Å². The van der Waals surface area contributed by atoms with Crippen LogP contribution in [0.25, 0.3) is 6.08 Å². The molecule has 1 amide bonds. The van der Waals surface area contributed by atoms with Crippen LogP contribution in [-0.2, 0) is 4.79 Å². The molecule has 0 radical (unpaired) electrons. The Morgan fingerprint density at radius 1 is 1.12 bits per heavy atom. The smallest absolute Gasteiger partial charge is 0.277 e. The summed E-state index contributed by atoms with van der Waals surface area (Å²) in [7, 11) is 0. The van der Waals surface area contributed by atoms with Gasteiger partial charge in [-0.05, 0) is 71.6 Å². The number of carbonyl (C=O) groups is 1. The monoisotopic (exact) mass is 592 g/mol. The van der Waals surface area contributed by atoms with Crippen LogP contribution in [0.4, 0.5) is 0 Å². The molecular formula is C17H12Br4N2O2. The molecule has 0 saturated heterocycles. The van der Waals surface area contributed by atoms with Crippen molar-refractivity contribution in [2.75, 3.05) is 6.61 Å². The molecule has 0 aliphatic carbocycles. The predicted molar refractivity (Wildman–Crippen MR) is 115 cm³/mol. The normalized spacial score (nSPS) is 11.6. The van der Waals surface area contributed by atoms with Crippen molar-refractivity contribution >= 4 is 81.9 Å². The van der Waals surface area contributed by atoms with Gasteiger partial charge in [-0.3, -0.25) is 4.79 Å². The fraction of sp³-hybridized carbons (Fsp3) is 0.0588. The number of amides is 1. The van der Waals surface area contributed by atoms with Gasteiger partial charge in [-0.1, -0.05) is 46.3 Å². The lowest BCUT2D eigenvalue weighted by Gasteiger charge is -2.09. The topological polar surface area (TPSA) is 50.7 Å². The second-order valence-electron chi connectivity index (χ2n) is 4.72. The third-order valence-electron chi connectivity index (χ3n) is 2.79. The zero-order chi connectivity index (χ0) is 18.2. The van der Waals surface area contributed by atoms with Gasteiger partial charge in [0.05, 0.1) is 15.2 Å². The molecule has 2 rings (SSSR count). The van der Waals surface area contributed by atoms with Crippen LogP contribution in [0.15, 0.2) is 65.5 Å². The lowest BCUT2D eigenvalue weighted by atomic mass is 10.2. The Morgan fingerprint density at radius 2 is 1.76 bits per heavy atom. The van der Waals surface area contributed by atoms with E-state index < -0.39 is 0 Å². The molecule has 2 aromatic carbocycles. The number of rotatable bonds is 6. The Balaban J connectivity index is 1.86. The third-order valence-corrected chi connectivity index (χ3v) is 4.86. The number of hydrogen-bond acceptors (Lipinski definition) is 3. The molecule has 0 atom stereocenters. The highest BCUT2D eigenvalue weighted by Crippen LogP contribution is 2.36. The number of nitrogens with zero attached hydrogens (tertiary/aromatic N) is 1. The van der Waals surface area contributed by atoms with Gasteiger partial charge < -0.3 is 4.74 Å². The Labute approximate surface area is 179 Å². The van der Waals surface area contributed by atoms with E-state index in [1.54, 1.807) is 0 Å². The molecule has 0 fully saturated rings. The number of ether oxygens (including phenoxy) is 1. The predicted octanol–water partition coefficient (Wildman–Crippen LogP) is 5.89. The first-order valence-electron chi connectivity index (χ1n) is 6.97. The first-order valence-corrected chi connectivity index (χ1v) is 10.1. The van der Waals surface area contributed by atoms with E-state index in [0.29, 0.717) is 5.75 Å². The number of carbonyl (C=O) groups excluding carboxylic acids is 1. The number of allylic oxidation sites excluding steroid dienone is 1. The van der Waals surface area contributed by atoms with Crippen LogP contribution in [-0.4, -0.2) is 18.7 Å². The molecular weight excluding hydrogens is 584 g/mol. The summed E-state index contributed by atoms with van der Waals surface area (Å²) in [6, 6.07) is 13.4. The van der Waals surface area contributed by atoms with Gasteiger partial charge in [-0.2, -0.15) is 5.10 Å². The second kappa shape index (κ2) is 10.3. The zero-order valence-electron chi connectivity index (χ0n) is 12.7. The highest BCUT2D eigenvalue weighted by molar-refractivity contribution is 9.12. The van der Waals surface area contributed by atoms with Crippen LogP contribution < -0.4 is 10.2 Å². The SMILES string of the molecule is O=C(COc1c(Br)cc(Br)cc1Br)N/N=C/C(Br)=C/c1ccccc1. The van der Waals surface area contributed by atoms with Crippen molar-refractivity contribution in [2.24, 2.45) is 5.10 Å². The lowest BCUT2D eigenvalue weighted by Crippen LogP contribution is -2.24. The van der Waals surface area contributed by atoms with Gasteiger partial charge in [0.15, 0.2) is 6.61 Å². The van der Waals surface area contributed by atoms with E-state index in [9.17, 15) is 4.79 Å². The summed E-state index contributed by atoms with van der Waals surface area (Å²) in [5, 5.41) is 3.89. The van der Waals surface area contributed by atoms with Crippen molar-refractivity contribution < 1.29 is 9.53 Å². The molecule has 1 N–H and O–H groups in total. The molecule has 0 spiro atoms. The second-order valence-corrected chi connectivity index (χ2v) is 8.26. The van der Waals surface area contributed by atoms with E-state index in [0.717, 1.165) is 23.5 Å². The minimum Gasteiger partial charge on any atom is -0.481 e. The van der Waals surface area contributed by atoms with Crippen molar-refractivity contribution in [3.8, 4) is 5.75 Å². The first-order chi connectivity index (χ1) is 12.0. The van der Waals surface area contributed by atoms with E-state index in [1.807, 2.05) is 48.5 Å². The minimum atomic E-state index is -0.363. The van der Waals surface area contributed by atoms with Crippen molar-refractivity contribution in [2.45, 2.75) is 0 Å². The van der Waals surface area contributed by atoms with Crippen molar-refractivity contribution in [3.63, 3.8) is 0 Å². The first kappa shape index (κ1) is 20.4. The Morgan fingerprint density at radius 3 is 2.40 bits per heavy atom. The van der Waals surface area contributed by atoms with Crippen molar-refractivity contribution in [1.29, 1.82) is 0 Å². The Kier molecular flexibility index (Phi) is 8.35. The summed E-state index contributed by atoms with van der Waals surface area (Å²) < 4.78 is 8.61. The average Bonchev–Trinajstić information content (AvgIpc) is 2.54. The molecule has 2 aromatic rings. The van der Waals surface area contributed by atoms with Crippen LogP contribution in [0.1, 0.15) is 5.56 Å². The summed E-state index contributed by atoms with van der Waals surface area (Å²) in [6.45, 7) is -0.157. The molecule has 0 heterocycles. The van der Waals surface area contributed by atoms with Gasteiger partial charge in [-0.25, -0.2) is 5.43 Å². The van der Waals surface area contributed by atoms with Gasteiger partial charge >= 0.3 is 0 Å². The zero-order valence-corrected chi connectivity index (χ0v) is 19.0. The fourth-order valence-electron chi connectivity index (χ4n) is 1.75. The largest absolute Gasteiger partial charge is 0.481 e. The van der Waals surface area contributed by atoms with E-state index in [-0.39, 0.29) is 12.5 Å². The van der Waals surface area contributed by atoms with Crippen LogP contribution in [0.3, 0.4) is 0 Å². The standard InChI is InChI=1S/C17H12Br4N2O2/c18-12-7-14(20)17(15(21)8-12)25-10-16(24)23-22-9-13(19)6-11-4-2-1-3-5-11/h1-9H,10H2,(H,23,24)/b13-6-,22-9+. The molecule has 25 heavy (non-hydrogen) atoms. The highest BCUT2D eigenvalue weighted by atomic mass is 79.9. The maximum absolute atomic E-state index is 11.8. The number of hydrazone groups is 1. The summed E-state index contributed by atoms with van der Waals surface area (Å²) in [4.78, 5) is 11.8. The fourth-order valence-corrected chi connectivity index (χ4v) is 4.60. The van der Waals surface area contributed by atoms with Crippen LogP contribution in [0, 0.1) is 0 Å². The maximum atomic E-state index is 11.8. The Hall–Kier alpha value is -0.960. The molecule has 130 valence electrons. The summed E-state index contributed by atoms with van der Waals surface area (Å²) in [5.41, 5.74) is 3.44. The molecule has 0 unspecified atom stereocenters. The van der Waals surface area contributed by atoms with Gasteiger partial charge in [0.25, 0.3) is 5.91 Å². The van der Waals surface area contributed by atoms with Gasteiger partial charge in [0.1, 0.15) is 5.75 Å². The summed E-state index contributed by atoms with van der Waals surface area (Å²) in [5.74, 6) is 0.186. The van der Waals surface area contributed by atoms with Crippen LogP contribution >= 0.6 is 63.7 Å². The number of nitrogens with one attached hydrogen (secondary N) is 1. The third kappa shape index (κ3) is 7.05. The number of halogens is 4. The van der Waals surface area contributed by atoms with Crippen molar-refractivity contribution in [3.05, 3.63) is 65.9 Å². The van der Waals surface area contributed by atoms with E-state index >= 15 is 0 Å². The summed E-state index contributed by atoms with van der Waals surface area (Å²) >= 11 is 13.5. The van der Waals surface area contributed by atoms with Crippen LogP contribution in [0.2, 0.25) is 0 Å². The summed E-state index contributed by atoms with van der Waals surface area (Å²) in [6.07, 6.45) is 3.40. The lowest BCUT2D eigenvalue weighted by molar-refractivity contribution is -0.123.